The Bertz CT molecular complexity index is 1030. The van der Waals surface area contributed by atoms with Crippen molar-refractivity contribution < 1.29 is 24.2 Å². The molecule has 1 amide bonds. The Kier molecular flexibility index (Phi) is 7.19. The first kappa shape index (κ1) is 23.7. The highest BCUT2D eigenvalue weighted by atomic mass is 32.1. The maximum absolute atomic E-state index is 13.0. The van der Waals surface area contributed by atoms with Crippen LogP contribution in [0.5, 0.6) is 0 Å². The van der Waals surface area contributed by atoms with E-state index in [1.807, 2.05) is 35.7 Å². The average Bonchev–Trinajstić information content (AvgIpc) is 3.17. The summed E-state index contributed by atoms with van der Waals surface area (Å²) in [5.41, 5.74) is 3.01. The highest BCUT2D eigenvalue weighted by Gasteiger charge is 2.35. The van der Waals surface area contributed by atoms with Crippen molar-refractivity contribution in [3.8, 4) is 11.1 Å². The molecule has 1 heterocycles. The lowest BCUT2D eigenvalue weighted by Gasteiger charge is -2.24. The molecule has 0 spiro atoms. The molecule has 1 aliphatic rings. The van der Waals surface area contributed by atoms with Crippen LogP contribution in [0.4, 0.5) is 5.00 Å². The molecule has 2 N–H and O–H groups in total. The van der Waals surface area contributed by atoms with Gasteiger partial charge in [0.1, 0.15) is 10.6 Å². The second-order valence-electron chi connectivity index (χ2n) is 8.88. The Hall–Kier alpha value is -2.93. The Balaban J connectivity index is 1.94. The molecule has 1 aliphatic carbocycles. The van der Waals surface area contributed by atoms with Gasteiger partial charge in [-0.1, -0.05) is 57.2 Å². The molecule has 170 valence electrons. The molecule has 0 saturated carbocycles. The third-order valence-corrected chi connectivity index (χ3v) is 6.55. The van der Waals surface area contributed by atoms with E-state index >= 15 is 0 Å². The summed E-state index contributed by atoms with van der Waals surface area (Å²) in [6.07, 6.45) is 4.28. The summed E-state index contributed by atoms with van der Waals surface area (Å²) in [7, 11) is 0. The Labute approximate surface area is 192 Å². The van der Waals surface area contributed by atoms with Crippen molar-refractivity contribution in [1.29, 1.82) is 0 Å². The van der Waals surface area contributed by atoms with Crippen LogP contribution < -0.4 is 5.32 Å². The number of rotatable bonds is 6. The lowest BCUT2D eigenvalue weighted by atomic mass is 9.82. The number of thiophene rings is 1. The fourth-order valence-electron chi connectivity index (χ4n) is 3.80. The quantitative estimate of drug-likeness (QED) is 0.443. The van der Waals surface area contributed by atoms with Crippen molar-refractivity contribution in [1.82, 2.24) is 0 Å². The Morgan fingerprint density at radius 2 is 1.72 bits per heavy atom. The van der Waals surface area contributed by atoms with Gasteiger partial charge < -0.3 is 15.2 Å². The molecular weight excluding hydrogens is 426 g/mol. The van der Waals surface area contributed by atoms with Crippen LogP contribution in [-0.2, 0) is 19.7 Å². The molecule has 7 heteroatoms. The van der Waals surface area contributed by atoms with Gasteiger partial charge in [-0.2, -0.15) is 0 Å². The number of aliphatic carboxylic acids is 1. The standard InChI is InChI=1S/C25H29NO5S/c1-5-31-24(30)20-19(15-10-12-16(13-11-15)25(2,3)4)14-32-22(20)26-21(27)17-8-6-7-9-18(17)23(28)29/h6-7,10-14,17-18H,5,8-9H2,1-4H3,(H,26,27)(H,28,29). The molecule has 0 aliphatic heterocycles. The average molecular weight is 456 g/mol. The van der Waals surface area contributed by atoms with Crippen LogP contribution in [0.25, 0.3) is 11.1 Å². The zero-order chi connectivity index (χ0) is 23.5. The number of hydrogen-bond acceptors (Lipinski definition) is 5. The van der Waals surface area contributed by atoms with Crippen molar-refractivity contribution in [3.63, 3.8) is 0 Å². The normalized spacial score (nSPS) is 18.2. The largest absolute Gasteiger partial charge is 0.481 e. The minimum Gasteiger partial charge on any atom is -0.481 e. The van der Waals surface area contributed by atoms with Crippen molar-refractivity contribution in [3.05, 3.63) is 52.9 Å². The molecule has 0 saturated heterocycles. The molecule has 0 fully saturated rings. The summed E-state index contributed by atoms with van der Waals surface area (Å²) in [6.45, 7) is 8.34. The predicted octanol–water partition coefficient (Wildman–Crippen LogP) is 5.49. The van der Waals surface area contributed by atoms with Crippen molar-refractivity contribution >= 4 is 34.2 Å². The van der Waals surface area contributed by atoms with Gasteiger partial charge in [0.2, 0.25) is 5.91 Å². The lowest BCUT2D eigenvalue weighted by Crippen LogP contribution is -2.34. The lowest BCUT2D eigenvalue weighted by molar-refractivity contribution is -0.146. The molecule has 2 unspecified atom stereocenters. The van der Waals surface area contributed by atoms with E-state index < -0.39 is 29.7 Å². The molecule has 3 rings (SSSR count). The first-order valence-corrected chi connectivity index (χ1v) is 11.6. The number of esters is 1. The molecule has 2 aromatic rings. The van der Waals surface area contributed by atoms with Crippen molar-refractivity contribution in [2.24, 2.45) is 11.8 Å². The monoisotopic (exact) mass is 455 g/mol. The summed E-state index contributed by atoms with van der Waals surface area (Å²) in [4.78, 5) is 37.4. The number of carboxylic acids is 1. The smallest absolute Gasteiger partial charge is 0.341 e. The van der Waals surface area contributed by atoms with Crippen LogP contribution in [0.3, 0.4) is 0 Å². The summed E-state index contributed by atoms with van der Waals surface area (Å²) >= 11 is 1.24. The van der Waals surface area contributed by atoms with E-state index in [1.165, 1.54) is 16.9 Å². The van der Waals surface area contributed by atoms with E-state index in [9.17, 15) is 19.5 Å². The van der Waals surface area contributed by atoms with E-state index in [4.69, 9.17) is 4.74 Å². The van der Waals surface area contributed by atoms with Gasteiger partial charge in [-0.3, -0.25) is 9.59 Å². The van der Waals surface area contributed by atoms with E-state index in [0.717, 1.165) is 5.56 Å². The van der Waals surface area contributed by atoms with Crippen LogP contribution in [0.15, 0.2) is 41.8 Å². The van der Waals surface area contributed by atoms with Gasteiger partial charge in [-0.25, -0.2) is 4.79 Å². The molecule has 0 radical (unpaired) electrons. The zero-order valence-corrected chi connectivity index (χ0v) is 19.6. The fraction of sp³-hybridized carbons (Fsp3) is 0.400. The second kappa shape index (κ2) is 9.69. The third-order valence-electron chi connectivity index (χ3n) is 5.66. The van der Waals surface area contributed by atoms with Crippen molar-refractivity contribution in [2.75, 3.05) is 11.9 Å². The van der Waals surface area contributed by atoms with Crippen LogP contribution in [0.2, 0.25) is 0 Å². The SMILES string of the molecule is CCOC(=O)c1c(-c2ccc(C(C)(C)C)cc2)csc1NC(=O)C1CC=CCC1C(=O)O. The molecule has 2 atom stereocenters. The number of ether oxygens (including phenoxy) is 1. The fourth-order valence-corrected chi connectivity index (χ4v) is 4.76. The number of anilines is 1. The van der Waals surface area contributed by atoms with Gasteiger partial charge in [-0.05, 0) is 36.3 Å². The summed E-state index contributed by atoms with van der Waals surface area (Å²) in [5, 5.41) is 14.5. The molecule has 32 heavy (non-hydrogen) atoms. The molecule has 6 nitrogen and oxygen atoms in total. The van der Waals surface area contributed by atoms with E-state index in [1.54, 1.807) is 13.0 Å². The minimum atomic E-state index is -0.995. The van der Waals surface area contributed by atoms with E-state index in [0.29, 0.717) is 29.0 Å². The molecule has 0 bridgehead atoms. The summed E-state index contributed by atoms with van der Waals surface area (Å²) < 4.78 is 5.26. The number of amides is 1. The maximum atomic E-state index is 13.0. The van der Waals surface area contributed by atoms with Crippen LogP contribution in [-0.4, -0.2) is 29.6 Å². The first-order chi connectivity index (χ1) is 15.1. The predicted molar refractivity (Wildman–Crippen MR) is 126 cm³/mol. The highest BCUT2D eigenvalue weighted by molar-refractivity contribution is 7.15. The maximum Gasteiger partial charge on any atom is 0.341 e. The summed E-state index contributed by atoms with van der Waals surface area (Å²) in [6, 6.07) is 7.99. The van der Waals surface area contributed by atoms with Gasteiger partial charge in [0.05, 0.1) is 18.4 Å². The van der Waals surface area contributed by atoms with Crippen molar-refractivity contribution in [2.45, 2.75) is 46.0 Å². The number of benzene rings is 1. The number of carbonyl (C=O) groups is 3. The van der Waals surface area contributed by atoms with Gasteiger partial charge in [0.15, 0.2) is 0 Å². The second-order valence-corrected chi connectivity index (χ2v) is 9.76. The summed E-state index contributed by atoms with van der Waals surface area (Å²) in [5.74, 6) is -3.38. The number of carbonyl (C=O) groups excluding carboxylic acids is 2. The van der Waals surface area contributed by atoms with E-state index in [-0.39, 0.29) is 12.0 Å². The van der Waals surface area contributed by atoms with Crippen LogP contribution in [0.1, 0.15) is 56.5 Å². The van der Waals surface area contributed by atoms with Crippen LogP contribution >= 0.6 is 11.3 Å². The first-order valence-electron chi connectivity index (χ1n) is 10.7. The van der Waals surface area contributed by atoms with Gasteiger partial charge in [0, 0.05) is 10.9 Å². The highest BCUT2D eigenvalue weighted by Crippen LogP contribution is 2.38. The number of hydrogen-bond donors (Lipinski definition) is 2. The molecular formula is C25H29NO5S. The topological polar surface area (TPSA) is 92.7 Å². The number of allylic oxidation sites excluding steroid dienone is 2. The number of carboxylic acid groups (broad SMARTS) is 1. The van der Waals surface area contributed by atoms with Gasteiger partial charge in [0.25, 0.3) is 0 Å². The number of nitrogens with one attached hydrogen (secondary N) is 1. The van der Waals surface area contributed by atoms with E-state index in [2.05, 4.69) is 26.1 Å². The molecule has 1 aromatic carbocycles. The van der Waals surface area contributed by atoms with Gasteiger partial charge >= 0.3 is 11.9 Å². The van der Waals surface area contributed by atoms with Crippen LogP contribution in [0, 0.1) is 11.8 Å². The molecule has 1 aromatic heterocycles. The minimum absolute atomic E-state index is 0.00536. The zero-order valence-electron chi connectivity index (χ0n) is 18.8. The Morgan fingerprint density at radius 1 is 1.09 bits per heavy atom. The Morgan fingerprint density at radius 3 is 2.28 bits per heavy atom. The third kappa shape index (κ3) is 5.10. The van der Waals surface area contributed by atoms with Gasteiger partial charge in [-0.15, -0.1) is 11.3 Å².